The second-order valence-corrected chi connectivity index (χ2v) is 5.95. The molecule has 2 rings (SSSR count). The lowest BCUT2D eigenvalue weighted by Crippen LogP contribution is -2.10. The number of hydrogen-bond donors (Lipinski definition) is 1. The number of carboxylic acids is 1. The van der Waals surface area contributed by atoms with Gasteiger partial charge in [0, 0.05) is 10.4 Å². The zero-order valence-corrected chi connectivity index (χ0v) is 12.2. The molecule has 1 aromatic heterocycles. The second kappa shape index (κ2) is 6.01. The molecular weight excluding hydrogens is 272 g/mol. The van der Waals surface area contributed by atoms with Gasteiger partial charge in [-0.05, 0) is 31.0 Å². The van der Waals surface area contributed by atoms with Gasteiger partial charge in [-0.15, -0.1) is 11.3 Å². The summed E-state index contributed by atoms with van der Waals surface area (Å²) in [6.07, 6.45) is 0.534. The Morgan fingerprint density at radius 2 is 1.80 bits per heavy atom. The molecule has 0 spiro atoms. The fourth-order valence-corrected chi connectivity index (χ4v) is 2.95. The first kappa shape index (κ1) is 14.5. The molecule has 0 aliphatic carbocycles. The van der Waals surface area contributed by atoms with Crippen molar-refractivity contribution in [3.8, 4) is 0 Å². The summed E-state index contributed by atoms with van der Waals surface area (Å²) in [4.78, 5) is 25.2. The van der Waals surface area contributed by atoms with Crippen LogP contribution in [0.2, 0.25) is 0 Å². The highest BCUT2D eigenvalue weighted by Gasteiger charge is 2.18. The van der Waals surface area contributed by atoms with Crippen molar-refractivity contribution in [2.24, 2.45) is 0 Å². The van der Waals surface area contributed by atoms with Gasteiger partial charge in [-0.25, -0.2) is 0 Å². The number of carbonyl (C=O) groups excluding carboxylic acids is 1. The maximum absolute atomic E-state index is 12.2. The highest BCUT2D eigenvalue weighted by Crippen LogP contribution is 2.23. The summed E-state index contributed by atoms with van der Waals surface area (Å²) >= 11 is 1.47. The minimum absolute atomic E-state index is 0.0157. The molecule has 1 aromatic carbocycles. The minimum atomic E-state index is -0.833. The summed E-state index contributed by atoms with van der Waals surface area (Å²) in [5.74, 6) is -1.36. The van der Waals surface area contributed by atoms with E-state index in [4.69, 9.17) is 5.11 Å². The Morgan fingerprint density at radius 3 is 2.25 bits per heavy atom. The molecule has 0 fully saturated rings. The van der Waals surface area contributed by atoms with Crippen LogP contribution < -0.4 is 0 Å². The molecule has 0 saturated carbocycles. The first-order valence-electron chi connectivity index (χ1n) is 6.46. The van der Waals surface area contributed by atoms with Gasteiger partial charge >= 0.3 is 5.97 Å². The lowest BCUT2D eigenvalue weighted by molar-refractivity contribution is -0.138. The third-order valence-electron chi connectivity index (χ3n) is 3.25. The average molecular weight is 288 g/mol. The van der Waals surface area contributed by atoms with Gasteiger partial charge in [-0.3, -0.25) is 9.59 Å². The quantitative estimate of drug-likeness (QED) is 0.850. The van der Waals surface area contributed by atoms with E-state index >= 15 is 0 Å². The smallest absolute Gasteiger partial charge is 0.310 e. The summed E-state index contributed by atoms with van der Waals surface area (Å²) < 4.78 is 0. The number of aryl methyl sites for hydroxylation is 1. The zero-order valence-electron chi connectivity index (χ0n) is 11.4. The third-order valence-corrected chi connectivity index (χ3v) is 4.25. The molecule has 3 nitrogen and oxygen atoms in total. The van der Waals surface area contributed by atoms with E-state index in [0.29, 0.717) is 16.9 Å². The molecule has 0 aliphatic rings. The predicted octanol–water partition coefficient (Wildman–Crippen LogP) is 3.87. The minimum Gasteiger partial charge on any atom is -0.481 e. The van der Waals surface area contributed by atoms with Gasteiger partial charge in [0.2, 0.25) is 5.78 Å². The molecule has 2 aromatic rings. The van der Waals surface area contributed by atoms with Gasteiger partial charge in [0.05, 0.1) is 10.8 Å². The standard InChI is InChI=1S/C16H16O3S/c1-3-13(16(18)19)11-5-7-12(8-6-11)15(17)14-9-4-10(2)20-14/h4-9,13H,3H2,1-2H3,(H,18,19). The van der Waals surface area contributed by atoms with E-state index in [9.17, 15) is 9.59 Å². The lowest BCUT2D eigenvalue weighted by atomic mass is 9.95. The topological polar surface area (TPSA) is 54.4 Å². The van der Waals surface area contributed by atoms with Crippen LogP contribution in [0.5, 0.6) is 0 Å². The van der Waals surface area contributed by atoms with Crippen LogP contribution in [-0.2, 0) is 4.79 Å². The van der Waals surface area contributed by atoms with Crippen molar-refractivity contribution in [3.05, 3.63) is 57.3 Å². The van der Waals surface area contributed by atoms with Crippen LogP contribution in [0, 0.1) is 6.92 Å². The van der Waals surface area contributed by atoms with Crippen molar-refractivity contribution >= 4 is 23.1 Å². The van der Waals surface area contributed by atoms with E-state index in [1.165, 1.54) is 11.3 Å². The van der Waals surface area contributed by atoms with Crippen molar-refractivity contribution in [2.75, 3.05) is 0 Å². The number of aliphatic carboxylic acids is 1. The van der Waals surface area contributed by atoms with E-state index in [-0.39, 0.29) is 5.78 Å². The Bertz CT molecular complexity index is 625. The molecule has 1 unspecified atom stereocenters. The van der Waals surface area contributed by atoms with Crippen molar-refractivity contribution in [1.29, 1.82) is 0 Å². The van der Waals surface area contributed by atoms with Crippen molar-refractivity contribution < 1.29 is 14.7 Å². The highest BCUT2D eigenvalue weighted by molar-refractivity contribution is 7.14. The molecule has 1 N–H and O–H groups in total. The van der Waals surface area contributed by atoms with Gasteiger partial charge in [-0.2, -0.15) is 0 Å². The summed E-state index contributed by atoms with van der Waals surface area (Å²) in [5, 5.41) is 9.12. The molecule has 0 radical (unpaired) electrons. The molecule has 104 valence electrons. The van der Waals surface area contributed by atoms with Crippen molar-refractivity contribution in [2.45, 2.75) is 26.2 Å². The molecule has 0 bridgehead atoms. The molecule has 20 heavy (non-hydrogen) atoms. The molecule has 1 atom stereocenters. The zero-order chi connectivity index (χ0) is 14.7. The predicted molar refractivity (Wildman–Crippen MR) is 79.6 cm³/mol. The highest BCUT2D eigenvalue weighted by atomic mass is 32.1. The van der Waals surface area contributed by atoms with E-state index in [1.54, 1.807) is 24.3 Å². The van der Waals surface area contributed by atoms with E-state index in [2.05, 4.69) is 0 Å². The maximum Gasteiger partial charge on any atom is 0.310 e. The Kier molecular flexibility index (Phi) is 4.35. The van der Waals surface area contributed by atoms with Gasteiger partial charge in [0.25, 0.3) is 0 Å². The molecule has 0 saturated heterocycles. The maximum atomic E-state index is 12.2. The van der Waals surface area contributed by atoms with E-state index in [1.807, 2.05) is 26.0 Å². The summed E-state index contributed by atoms with van der Waals surface area (Å²) in [7, 11) is 0. The Balaban J connectivity index is 2.24. The van der Waals surface area contributed by atoms with Crippen LogP contribution in [0.3, 0.4) is 0 Å². The normalized spacial score (nSPS) is 12.1. The fraction of sp³-hybridized carbons (Fsp3) is 0.250. The van der Waals surface area contributed by atoms with E-state index in [0.717, 1.165) is 10.4 Å². The van der Waals surface area contributed by atoms with Gasteiger partial charge in [0.15, 0.2) is 0 Å². The van der Waals surface area contributed by atoms with Crippen LogP contribution in [0.1, 0.15) is 44.9 Å². The van der Waals surface area contributed by atoms with Crippen LogP contribution >= 0.6 is 11.3 Å². The second-order valence-electron chi connectivity index (χ2n) is 4.66. The Labute approximate surface area is 121 Å². The first-order chi connectivity index (χ1) is 9.52. The number of thiophene rings is 1. The van der Waals surface area contributed by atoms with Crippen LogP contribution in [-0.4, -0.2) is 16.9 Å². The molecular formula is C16H16O3S. The van der Waals surface area contributed by atoms with Gasteiger partial charge in [-0.1, -0.05) is 31.2 Å². The molecule has 0 amide bonds. The Morgan fingerprint density at radius 1 is 1.15 bits per heavy atom. The molecule has 1 heterocycles. The lowest BCUT2D eigenvalue weighted by Gasteiger charge is -2.10. The number of carboxylic acid groups (broad SMARTS) is 1. The summed E-state index contributed by atoms with van der Waals surface area (Å²) in [6.45, 7) is 3.80. The van der Waals surface area contributed by atoms with Crippen molar-refractivity contribution in [1.82, 2.24) is 0 Å². The summed E-state index contributed by atoms with van der Waals surface area (Å²) in [6, 6.07) is 10.6. The number of ketones is 1. The third kappa shape index (κ3) is 2.96. The molecule has 4 heteroatoms. The number of rotatable bonds is 5. The molecule has 0 aliphatic heterocycles. The SMILES string of the molecule is CCC(C(=O)O)c1ccc(C(=O)c2ccc(C)s2)cc1. The van der Waals surface area contributed by atoms with Crippen LogP contribution in [0.25, 0.3) is 0 Å². The van der Waals surface area contributed by atoms with Gasteiger partial charge < -0.3 is 5.11 Å². The number of hydrogen-bond acceptors (Lipinski definition) is 3. The largest absolute Gasteiger partial charge is 0.481 e. The van der Waals surface area contributed by atoms with Gasteiger partial charge in [0.1, 0.15) is 0 Å². The monoisotopic (exact) mass is 288 g/mol. The number of carbonyl (C=O) groups is 2. The van der Waals surface area contributed by atoms with E-state index < -0.39 is 11.9 Å². The summed E-state index contributed by atoms with van der Waals surface area (Å²) in [5.41, 5.74) is 1.33. The van der Waals surface area contributed by atoms with Crippen molar-refractivity contribution in [3.63, 3.8) is 0 Å². The first-order valence-corrected chi connectivity index (χ1v) is 7.28. The van der Waals surface area contributed by atoms with Crippen LogP contribution in [0.15, 0.2) is 36.4 Å². The fourth-order valence-electron chi connectivity index (χ4n) is 2.12. The average Bonchev–Trinajstić information content (AvgIpc) is 2.86. The Hall–Kier alpha value is -1.94. The number of benzene rings is 1. The van der Waals surface area contributed by atoms with Crippen LogP contribution in [0.4, 0.5) is 0 Å².